The Bertz CT molecular complexity index is 253. The SMILES string of the molecule is CNC(=O)C(I)C(I)C(=O)NCCOCCO. The molecule has 2 amide bonds. The van der Waals surface area contributed by atoms with Crippen molar-refractivity contribution in [3.63, 3.8) is 0 Å². The second-order valence-electron chi connectivity index (χ2n) is 3.04. The summed E-state index contributed by atoms with van der Waals surface area (Å²) in [7, 11) is 1.54. The van der Waals surface area contributed by atoms with Crippen molar-refractivity contribution in [2.45, 2.75) is 7.85 Å². The third-order valence-corrected chi connectivity index (χ3v) is 5.73. The second kappa shape index (κ2) is 10.3. The summed E-state index contributed by atoms with van der Waals surface area (Å²) < 4.78 is 4.16. The molecule has 2 atom stereocenters. The summed E-state index contributed by atoms with van der Waals surface area (Å²) in [5.41, 5.74) is 0. The Morgan fingerprint density at radius 3 is 2.35 bits per heavy atom. The summed E-state index contributed by atoms with van der Waals surface area (Å²) >= 11 is 3.88. The van der Waals surface area contributed by atoms with Crippen LogP contribution in [0.1, 0.15) is 0 Å². The average Bonchev–Trinajstić information content (AvgIpc) is 2.35. The van der Waals surface area contributed by atoms with Crippen LogP contribution in [0.3, 0.4) is 0 Å². The molecular weight excluding hydrogens is 454 g/mol. The van der Waals surface area contributed by atoms with Crippen LogP contribution in [0.4, 0.5) is 0 Å². The van der Waals surface area contributed by atoms with E-state index in [-0.39, 0.29) is 25.0 Å². The van der Waals surface area contributed by atoms with Crippen molar-refractivity contribution in [3.8, 4) is 0 Å². The van der Waals surface area contributed by atoms with Crippen LogP contribution in [-0.4, -0.2) is 58.2 Å². The molecule has 6 nitrogen and oxygen atoms in total. The smallest absolute Gasteiger partial charge is 0.234 e. The summed E-state index contributed by atoms with van der Waals surface area (Å²) in [5.74, 6) is -0.363. The molecule has 0 aromatic rings. The molecule has 0 aliphatic heterocycles. The molecule has 0 radical (unpaired) electrons. The fraction of sp³-hybridized carbons (Fsp3) is 0.778. The number of carbonyl (C=O) groups is 2. The number of rotatable bonds is 8. The molecule has 17 heavy (non-hydrogen) atoms. The number of hydrogen-bond acceptors (Lipinski definition) is 4. The Labute approximate surface area is 128 Å². The number of ether oxygens (including phenoxy) is 1. The van der Waals surface area contributed by atoms with Gasteiger partial charge >= 0.3 is 0 Å². The molecule has 0 spiro atoms. The van der Waals surface area contributed by atoms with Crippen LogP contribution >= 0.6 is 45.2 Å². The van der Waals surface area contributed by atoms with Gasteiger partial charge in [0, 0.05) is 13.6 Å². The lowest BCUT2D eigenvalue weighted by atomic mass is 10.3. The number of aliphatic hydroxyl groups is 1. The minimum atomic E-state index is -0.425. The first-order chi connectivity index (χ1) is 8.04. The lowest BCUT2D eigenvalue weighted by Crippen LogP contribution is -2.43. The van der Waals surface area contributed by atoms with E-state index in [9.17, 15) is 9.59 Å². The van der Waals surface area contributed by atoms with Crippen LogP contribution in [0.5, 0.6) is 0 Å². The average molecular weight is 470 g/mol. The zero-order valence-electron chi connectivity index (χ0n) is 9.41. The fourth-order valence-corrected chi connectivity index (χ4v) is 2.10. The molecule has 0 fully saturated rings. The van der Waals surface area contributed by atoms with E-state index in [1.54, 1.807) is 0 Å². The quantitative estimate of drug-likeness (QED) is 0.253. The van der Waals surface area contributed by atoms with Crippen LogP contribution in [0, 0.1) is 0 Å². The maximum absolute atomic E-state index is 11.6. The minimum Gasteiger partial charge on any atom is -0.394 e. The number of amides is 2. The number of nitrogens with one attached hydrogen (secondary N) is 2. The molecule has 0 saturated heterocycles. The summed E-state index contributed by atoms with van der Waals surface area (Å²) in [5, 5.41) is 13.6. The van der Waals surface area contributed by atoms with Gasteiger partial charge in [0.25, 0.3) is 0 Å². The lowest BCUT2D eigenvalue weighted by molar-refractivity contribution is -0.124. The molecule has 0 aromatic heterocycles. The lowest BCUT2D eigenvalue weighted by Gasteiger charge is -2.15. The van der Waals surface area contributed by atoms with E-state index >= 15 is 0 Å². The van der Waals surface area contributed by atoms with Gasteiger partial charge in [-0.1, -0.05) is 45.2 Å². The van der Waals surface area contributed by atoms with Crippen LogP contribution in [0.15, 0.2) is 0 Å². The topological polar surface area (TPSA) is 87.7 Å². The highest BCUT2D eigenvalue weighted by Crippen LogP contribution is 2.15. The minimum absolute atomic E-state index is 0.0324. The molecule has 8 heteroatoms. The predicted molar refractivity (Wildman–Crippen MR) is 80.6 cm³/mol. The van der Waals surface area contributed by atoms with Gasteiger partial charge in [0.2, 0.25) is 11.8 Å². The molecule has 0 aliphatic carbocycles. The van der Waals surface area contributed by atoms with Crippen molar-refractivity contribution in [2.75, 3.05) is 33.4 Å². The maximum Gasteiger partial charge on any atom is 0.234 e. The standard InChI is InChI=1S/C9H16I2N2O4/c1-12-8(15)6(10)7(11)9(16)13-2-4-17-5-3-14/h6-7,14H,2-5H2,1H3,(H,12,15)(H,13,16). The number of halogens is 2. The summed E-state index contributed by atoms with van der Waals surface area (Å²) in [6.07, 6.45) is 0. The first-order valence-electron chi connectivity index (χ1n) is 5.00. The molecular formula is C9H16I2N2O4. The Morgan fingerprint density at radius 1 is 1.24 bits per heavy atom. The second-order valence-corrected chi connectivity index (χ2v) is 5.73. The van der Waals surface area contributed by atoms with E-state index in [4.69, 9.17) is 9.84 Å². The van der Waals surface area contributed by atoms with Gasteiger partial charge < -0.3 is 20.5 Å². The van der Waals surface area contributed by atoms with Crippen molar-refractivity contribution >= 4 is 57.0 Å². The highest BCUT2D eigenvalue weighted by atomic mass is 127. The van der Waals surface area contributed by atoms with Crippen LogP contribution in [0.2, 0.25) is 0 Å². The first-order valence-corrected chi connectivity index (χ1v) is 7.49. The molecule has 2 unspecified atom stereocenters. The van der Waals surface area contributed by atoms with Gasteiger partial charge in [0.05, 0.1) is 19.8 Å². The Hall–Kier alpha value is 0.320. The van der Waals surface area contributed by atoms with E-state index in [0.717, 1.165) is 0 Å². The largest absolute Gasteiger partial charge is 0.394 e. The van der Waals surface area contributed by atoms with Crippen LogP contribution in [0.25, 0.3) is 0 Å². The Morgan fingerprint density at radius 2 is 1.82 bits per heavy atom. The van der Waals surface area contributed by atoms with Crippen LogP contribution in [-0.2, 0) is 14.3 Å². The van der Waals surface area contributed by atoms with Gasteiger partial charge in [-0.2, -0.15) is 0 Å². The maximum atomic E-state index is 11.6. The van der Waals surface area contributed by atoms with Gasteiger partial charge in [0.15, 0.2) is 0 Å². The molecule has 100 valence electrons. The molecule has 3 N–H and O–H groups in total. The summed E-state index contributed by atoms with van der Waals surface area (Å²) in [4.78, 5) is 22.9. The number of carbonyl (C=O) groups excluding carboxylic acids is 2. The highest BCUT2D eigenvalue weighted by molar-refractivity contribution is 14.1. The van der Waals surface area contributed by atoms with E-state index in [0.29, 0.717) is 13.2 Å². The van der Waals surface area contributed by atoms with Gasteiger partial charge in [0.1, 0.15) is 7.85 Å². The van der Waals surface area contributed by atoms with Crippen molar-refractivity contribution in [1.29, 1.82) is 0 Å². The molecule has 0 rings (SSSR count). The van der Waals surface area contributed by atoms with Crippen molar-refractivity contribution in [1.82, 2.24) is 10.6 Å². The highest BCUT2D eigenvalue weighted by Gasteiger charge is 2.28. The molecule has 0 heterocycles. The molecule has 0 aromatic carbocycles. The van der Waals surface area contributed by atoms with Gasteiger partial charge in [-0.05, 0) is 0 Å². The van der Waals surface area contributed by atoms with Gasteiger partial charge in [-0.3, -0.25) is 9.59 Å². The zero-order valence-corrected chi connectivity index (χ0v) is 13.7. The summed E-state index contributed by atoms with van der Waals surface area (Å²) in [6, 6.07) is 0. The third-order valence-electron chi connectivity index (χ3n) is 1.79. The number of alkyl halides is 2. The monoisotopic (exact) mass is 470 g/mol. The van der Waals surface area contributed by atoms with E-state index in [1.165, 1.54) is 7.05 Å². The number of aliphatic hydroxyl groups excluding tert-OH is 1. The van der Waals surface area contributed by atoms with E-state index < -0.39 is 7.85 Å². The van der Waals surface area contributed by atoms with Gasteiger partial charge in [-0.15, -0.1) is 0 Å². The zero-order chi connectivity index (χ0) is 13.3. The molecule has 0 aliphatic rings. The third kappa shape index (κ3) is 7.36. The summed E-state index contributed by atoms with van der Waals surface area (Å²) in [6.45, 7) is 0.947. The van der Waals surface area contributed by atoms with E-state index in [2.05, 4.69) is 10.6 Å². The first kappa shape index (κ1) is 17.3. The fourth-order valence-electron chi connectivity index (χ4n) is 0.914. The molecule has 0 bridgehead atoms. The van der Waals surface area contributed by atoms with Crippen molar-refractivity contribution in [3.05, 3.63) is 0 Å². The Kier molecular flexibility index (Phi) is 10.5. The normalized spacial score (nSPS) is 13.9. The predicted octanol–water partition coefficient (Wildman–Crippen LogP) is -0.535. The molecule has 0 saturated carbocycles. The Balaban J connectivity index is 3.85. The van der Waals surface area contributed by atoms with Crippen molar-refractivity contribution in [2.24, 2.45) is 0 Å². The van der Waals surface area contributed by atoms with Gasteiger partial charge in [-0.25, -0.2) is 0 Å². The number of hydrogen-bond donors (Lipinski definition) is 3. The van der Waals surface area contributed by atoms with Crippen molar-refractivity contribution < 1.29 is 19.4 Å². The van der Waals surface area contributed by atoms with Crippen LogP contribution < -0.4 is 10.6 Å². The van der Waals surface area contributed by atoms with E-state index in [1.807, 2.05) is 45.2 Å².